The van der Waals surface area contributed by atoms with E-state index in [9.17, 15) is 13.2 Å². The molecule has 0 aliphatic heterocycles. The van der Waals surface area contributed by atoms with Crippen LogP contribution >= 0.6 is 23.2 Å². The molecule has 1 aliphatic rings. The largest absolute Gasteiger partial charge is 0.478 e. The third-order valence-corrected chi connectivity index (χ3v) is 5.64. The van der Waals surface area contributed by atoms with E-state index >= 15 is 0 Å². The van der Waals surface area contributed by atoms with E-state index in [0.29, 0.717) is 5.92 Å². The summed E-state index contributed by atoms with van der Waals surface area (Å²) < 4.78 is 27.0. The van der Waals surface area contributed by atoms with Crippen LogP contribution in [-0.2, 0) is 10.0 Å². The van der Waals surface area contributed by atoms with E-state index in [0.717, 1.165) is 12.8 Å². The molecule has 1 saturated carbocycles. The quantitative estimate of drug-likeness (QED) is 0.884. The molecule has 0 unspecified atom stereocenters. The number of hydrogen-bond acceptors (Lipinski definition) is 3. The van der Waals surface area contributed by atoms with Gasteiger partial charge in [-0.1, -0.05) is 30.1 Å². The number of rotatable bonds is 4. The van der Waals surface area contributed by atoms with Crippen molar-refractivity contribution in [2.24, 2.45) is 5.92 Å². The number of carboxylic acid groups (broad SMARTS) is 1. The molecule has 1 aliphatic carbocycles. The van der Waals surface area contributed by atoms with Crippen molar-refractivity contribution in [1.82, 2.24) is 4.72 Å². The molecule has 1 aromatic carbocycles. The molecule has 5 nitrogen and oxygen atoms in total. The number of halogens is 2. The highest BCUT2D eigenvalue weighted by Gasteiger charge is 2.32. The van der Waals surface area contributed by atoms with Crippen molar-refractivity contribution in [1.29, 1.82) is 0 Å². The second-order valence-electron chi connectivity index (χ2n) is 4.93. The summed E-state index contributed by atoms with van der Waals surface area (Å²) in [6, 6.07) is 2.30. The van der Waals surface area contributed by atoms with Gasteiger partial charge in [-0.3, -0.25) is 0 Å². The molecule has 0 spiro atoms. The van der Waals surface area contributed by atoms with E-state index in [-0.39, 0.29) is 21.0 Å². The van der Waals surface area contributed by atoms with E-state index in [2.05, 4.69) is 4.72 Å². The third-order valence-electron chi connectivity index (χ3n) is 3.25. The Kier molecular flexibility index (Phi) is 4.30. The molecule has 2 rings (SSSR count). The molecule has 0 heterocycles. The van der Waals surface area contributed by atoms with Gasteiger partial charge in [-0.25, -0.2) is 17.9 Å². The molecule has 0 radical (unpaired) electrons. The molecule has 0 amide bonds. The first-order chi connectivity index (χ1) is 9.22. The van der Waals surface area contributed by atoms with Crippen LogP contribution < -0.4 is 4.72 Å². The Bertz CT molecular complexity index is 654. The Labute approximate surface area is 126 Å². The van der Waals surface area contributed by atoms with Gasteiger partial charge < -0.3 is 5.11 Å². The summed E-state index contributed by atoms with van der Waals surface area (Å²) >= 11 is 11.6. The second kappa shape index (κ2) is 5.52. The van der Waals surface area contributed by atoms with Crippen molar-refractivity contribution in [3.63, 3.8) is 0 Å². The number of carboxylic acids is 1. The lowest BCUT2D eigenvalue weighted by atomic mass is 9.83. The minimum atomic E-state index is -3.85. The lowest BCUT2D eigenvalue weighted by Gasteiger charge is -2.33. The molecule has 0 atom stereocenters. The average Bonchev–Trinajstić information content (AvgIpc) is 2.25. The Balaban J connectivity index is 2.37. The number of sulfonamides is 1. The Morgan fingerprint density at radius 1 is 1.35 bits per heavy atom. The maximum Gasteiger partial charge on any atom is 0.338 e. The lowest BCUT2D eigenvalue weighted by Crippen LogP contribution is -2.43. The summed E-state index contributed by atoms with van der Waals surface area (Å²) in [5.74, 6) is -0.882. The van der Waals surface area contributed by atoms with Gasteiger partial charge in [0.25, 0.3) is 0 Å². The zero-order chi connectivity index (χ0) is 15.1. The highest BCUT2D eigenvalue weighted by Crippen LogP contribution is 2.33. The smallest absolute Gasteiger partial charge is 0.338 e. The molecule has 1 fully saturated rings. The minimum absolute atomic E-state index is 0.0984. The highest BCUT2D eigenvalue weighted by atomic mass is 35.5. The van der Waals surface area contributed by atoms with Gasteiger partial charge in [-0.2, -0.15) is 0 Å². The number of benzene rings is 1. The fourth-order valence-corrected chi connectivity index (χ4v) is 4.40. The first-order valence-corrected chi connectivity index (χ1v) is 8.20. The summed E-state index contributed by atoms with van der Waals surface area (Å²) in [4.78, 5) is 10.8. The van der Waals surface area contributed by atoms with Gasteiger partial charge in [0.15, 0.2) is 0 Å². The van der Waals surface area contributed by atoms with Gasteiger partial charge in [-0.15, -0.1) is 0 Å². The Morgan fingerprint density at radius 2 is 1.95 bits per heavy atom. The summed E-state index contributed by atoms with van der Waals surface area (Å²) in [6.07, 6.45) is 1.52. The zero-order valence-corrected chi connectivity index (χ0v) is 12.9. The monoisotopic (exact) mass is 337 g/mol. The van der Waals surface area contributed by atoms with Crippen LogP contribution in [0.2, 0.25) is 10.0 Å². The van der Waals surface area contributed by atoms with Crippen LogP contribution in [-0.4, -0.2) is 25.5 Å². The maximum absolute atomic E-state index is 12.2. The Hall–Kier alpha value is -0.820. The number of carbonyl (C=O) groups is 1. The third kappa shape index (κ3) is 2.93. The van der Waals surface area contributed by atoms with Crippen LogP contribution in [0.5, 0.6) is 0 Å². The number of aromatic carboxylic acids is 1. The van der Waals surface area contributed by atoms with E-state index < -0.39 is 21.6 Å². The number of hydrogen-bond donors (Lipinski definition) is 2. The average molecular weight is 338 g/mol. The molecule has 0 saturated heterocycles. The first-order valence-electron chi connectivity index (χ1n) is 5.96. The van der Waals surface area contributed by atoms with Crippen molar-refractivity contribution < 1.29 is 18.3 Å². The number of nitrogens with one attached hydrogen (secondary N) is 1. The van der Waals surface area contributed by atoms with Crippen molar-refractivity contribution >= 4 is 39.2 Å². The standard InChI is InChI=1S/C12H13Cl2NO4S/c1-6-4-7(5-6)15-20(18,19)9-3-2-8(13)10(11(9)14)12(16)17/h2-3,6-7,15H,4-5H2,1H3,(H,16,17). The van der Waals surface area contributed by atoms with Crippen LogP contribution in [0.3, 0.4) is 0 Å². The topological polar surface area (TPSA) is 83.5 Å². The maximum atomic E-state index is 12.2. The normalized spacial score (nSPS) is 22.4. The molecule has 20 heavy (non-hydrogen) atoms. The predicted molar refractivity (Wildman–Crippen MR) is 75.9 cm³/mol. The fourth-order valence-electron chi connectivity index (χ4n) is 2.22. The van der Waals surface area contributed by atoms with Gasteiger partial charge in [0.1, 0.15) is 4.90 Å². The molecule has 2 N–H and O–H groups in total. The minimum Gasteiger partial charge on any atom is -0.478 e. The molecule has 8 heteroatoms. The van der Waals surface area contributed by atoms with Crippen LogP contribution in [0.15, 0.2) is 17.0 Å². The predicted octanol–water partition coefficient (Wildman–Crippen LogP) is 2.77. The van der Waals surface area contributed by atoms with Gasteiger partial charge in [0.05, 0.1) is 15.6 Å². The van der Waals surface area contributed by atoms with Crippen molar-refractivity contribution in [3.05, 3.63) is 27.7 Å². The van der Waals surface area contributed by atoms with Crippen LogP contribution in [0, 0.1) is 5.92 Å². The van der Waals surface area contributed by atoms with Crippen LogP contribution in [0.25, 0.3) is 0 Å². The molecule has 110 valence electrons. The van der Waals surface area contributed by atoms with Crippen molar-refractivity contribution in [2.75, 3.05) is 0 Å². The summed E-state index contributed by atoms with van der Waals surface area (Å²) in [7, 11) is -3.85. The molecular weight excluding hydrogens is 325 g/mol. The van der Waals surface area contributed by atoms with Crippen molar-refractivity contribution in [2.45, 2.75) is 30.7 Å². The van der Waals surface area contributed by atoms with E-state index in [1.54, 1.807) is 0 Å². The van der Waals surface area contributed by atoms with Gasteiger partial charge in [0.2, 0.25) is 10.0 Å². The van der Waals surface area contributed by atoms with Crippen molar-refractivity contribution in [3.8, 4) is 0 Å². The summed E-state index contributed by atoms with van der Waals surface area (Å²) in [5, 5.41) is 8.56. The van der Waals surface area contributed by atoms with E-state index in [1.807, 2.05) is 6.92 Å². The second-order valence-corrected chi connectivity index (χ2v) is 7.40. The van der Waals surface area contributed by atoms with Gasteiger partial charge >= 0.3 is 5.97 Å². The zero-order valence-electron chi connectivity index (χ0n) is 10.6. The molecule has 0 bridgehead atoms. The van der Waals surface area contributed by atoms with Gasteiger partial charge in [0, 0.05) is 6.04 Å². The van der Waals surface area contributed by atoms with E-state index in [1.165, 1.54) is 12.1 Å². The lowest BCUT2D eigenvalue weighted by molar-refractivity contribution is 0.0697. The van der Waals surface area contributed by atoms with Crippen LogP contribution in [0.1, 0.15) is 30.1 Å². The SMILES string of the molecule is CC1CC(NS(=O)(=O)c2ccc(Cl)c(C(=O)O)c2Cl)C1. The molecular formula is C12H13Cl2NO4S. The summed E-state index contributed by atoms with van der Waals surface area (Å²) in [6.45, 7) is 2.03. The molecule has 0 aromatic heterocycles. The van der Waals surface area contributed by atoms with E-state index in [4.69, 9.17) is 28.3 Å². The first kappa shape index (κ1) is 15.6. The van der Waals surface area contributed by atoms with Gasteiger partial charge in [-0.05, 0) is 30.9 Å². The fraction of sp³-hybridized carbons (Fsp3) is 0.417. The molecule has 1 aromatic rings. The van der Waals surface area contributed by atoms with Crippen LogP contribution in [0.4, 0.5) is 0 Å². The highest BCUT2D eigenvalue weighted by molar-refractivity contribution is 7.89. The Morgan fingerprint density at radius 3 is 2.45 bits per heavy atom. The summed E-state index contributed by atoms with van der Waals surface area (Å²) in [5.41, 5.74) is -0.404.